The number of amides is 1. The first-order valence-electron chi connectivity index (χ1n) is 9.60. The third-order valence-corrected chi connectivity index (χ3v) is 5.41. The van der Waals surface area contributed by atoms with E-state index in [2.05, 4.69) is 0 Å². The molecule has 28 heavy (non-hydrogen) atoms. The van der Waals surface area contributed by atoms with Crippen molar-refractivity contribution in [2.45, 2.75) is 64.9 Å². The Hall–Kier alpha value is -1.82. The molecule has 0 aromatic heterocycles. The fourth-order valence-electron chi connectivity index (χ4n) is 3.52. The van der Waals surface area contributed by atoms with Crippen molar-refractivity contribution in [1.29, 1.82) is 0 Å². The van der Waals surface area contributed by atoms with Gasteiger partial charge in [0.25, 0.3) is 0 Å². The number of carboxylic acids is 1. The summed E-state index contributed by atoms with van der Waals surface area (Å²) < 4.78 is 19.7. The van der Waals surface area contributed by atoms with Gasteiger partial charge in [-0.15, -0.1) is 0 Å². The van der Waals surface area contributed by atoms with Crippen LogP contribution in [0.5, 0.6) is 0 Å². The Bertz CT molecular complexity index is 737. The van der Waals surface area contributed by atoms with Gasteiger partial charge in [-0.05, 0) is 62.6 Å². The zero-order valence-corrected chi connectivity index (χ0v) is 17.8. The quantitative estimate of drug-likeness (QED) is 0.715. The van der Waals surface area contributed by atoms with E-state index in [4.69, 9.17) is 16.3 Å². The molecule has 0 spiro atoms. The summed E-state index contributed by atoms with van der Waals surface area (Å²) in [4.78, 5) is 25.9. The molecule has 2 rings (SSSR count). The lowest BCUT2D eigenvalue weighted by Gasteiger charge is -2.36. The number of benzene rings is 1. The van der Waals surface area contributed by atoms with Crippen molar-refractivity contribution in [2.75, 3.05) is 13.1 Å². The predicted octanol–water partition coefficient (Wildman–Crippen LogP) is 5.42. The zero-order valence-electron chi connectivity index (χ0n) is 17.1. The molecule has 1 aromatic carbocycles. The lowest BCUT2D eigenvalue weighted by Crippen LogP contribution is -2.43. The van der Waals surface area contributed by atoms with Crippen molar-refractivity contribution >= 4 is 23.7 Å². The van der Waals surface area contributed by atoms with Gasteiger partial charge in [-0.1, -0.05) is 31.5 Å². The second-order valence-corrected chi connectivity index (χ2v) is 9.06. The molecule has 1 unspecified atom stereocenters. The van der Waals surface area contributed by atoms with Crippen LogP contribution in [0.2, 0.25) is 5.02 Å². The summed E-state index contributed by atoms with van der Waals surface area (Å²) in [5, 5.41) is 9.73. The largest absolute Gasteiger partial charge is 0.481 e. The normalized spacial score (nSPS) is 16.9. The number of likely N-dealkylation sites (tertiary alicyclic amines) is 1. The van der Waals surface area contributed by atoms with Crippen LogP contribution in [0.4, 0.5) is 9.18 Å². The molecule has 1 fully saturated rings. The maximum Gasteiger partial charge on any atom is 0.410 e. The summed E-state index contributed by atoms with van der Waals surface area (Å²) in [5.74, 6) is -2.73. The van der Waals surface area contributed by atoms with Gasteiger partial charge in [-0.3, -0.25) is 4.79 Å². The topological polar surface area (TPSA) is 66.8 Å². The van der Waals surface area contributed by atoms with Gasteiger partial charge < -0.3 is 14.7 Å². The molecule has 1 aliphatic rings. The van der Waals surface area contributed by atoms with Crippen LogP contribution in [0.15, 0.2) is 12.1 Å². The highest BCUT2D eigenvalue weighted by Crippen LogP contribution is 2.39. The highest BCUT2D eigenvalue weighted by molar-refractivity contribution is 6.31. The van der Waals surface area contributed by atoms with Crippen molar-refractivity contribution < 1.29 is 23.8 Å². The van der Waals surface area contributed by atoms with Crippen molar-refractivity contribution in [3.05, 3.63) is 34.1 Å². The lowest BCUT2D eigenvalue weighted by atomic mass is 9.79. The monoisotopic (exact) mass is 413 g/mol. The predicted molar refractivity (Wildman–Crippen MR) is 106 cm³/mol. The Morgan fingerprint density at radius 1 is 1.25 bits per heavy atom. The number of ether oxygens (including phenoxy) is 1. The maximum absolute atomic E-state index is 14.3. The second-order valence-electron chi connectivity index (χ2n) is 8.68. The average Bonchev–Trinajstić information content (AvgIpc) is 2.57. The van der Waals surface area contributed by atoms with Gasteiger partial charge in [0.05, 0.1) is 10.9 Å². The molecule has 1 N–H and O–H groups in total. The minimum atomic E-state index is -1.03. The van der Waals surface area contributed by atoms with Crippen molar-refractivity contribution in [3.63, 3.8) is 0 Å². The third kappa shape index (κ3) is 5.37. The van der Waals surface area contributed by atoms with Crippen LogP contribution in [-0.2, 0) is 9.53 Å². The first kappa shape index (κ1) is 22.5. The van der Waals surface area contributed by atoms with Crippen LogP contribution in [0.3, 0.4) is 0 Å². The summed E-state index contributed by atoms with van der Waals surface area (Å²) in [7, 11) is 0. The third-order valence-electron chi connectivity index (χ3n) is 5.01. The number of carbonyl (C=O) groups is 2. The second kappa shape index (κ2) is 8.68. The molecule has 0 radical (unpaired) electrons. The van der Waals surface area contributed by atoms with E-state index in [1.807, 2.05) is 13.8 Å². The summed E-state index contributed by atoms with van der Waals surface area (Å²) in [5.41, 5.74) is 0.447. The molecule has 1 aromatic rings. The number of carbonyl (C=O) groups excluding carboxylic acids is 1. The van der Waals surface area contributed by atoms with Crippen molar-refractivity contribution in [3.8, 4) is 0 Å². The zero-order chi connectivity index (χ0) is 21.2. The summed E-state index contributed by atoms with van der Waals surface area (Å²) in [6, 6.07) is 3.07. The molecule has 0 bridgehead atoms. The van der Waals surface area contributed by atoms with E-state index in [1.165, 1.54) is 6.07 Å². The van der Waals surface area contributed by atoms with E-state index in [0.717, 1.165) is 0 Å². The number of carboxylic acid groups (broad SMARTS) is 1. The Morgan fingerprint density at radius 2 is 1.82 bits per heavy atom. The maximum atomic E-state index is 14.3. The molecule has 5 nitrogen and oxygen atoms in total. The molecule has 1 saturated heterocycles. The van der Waals surface area contributed by atoms with Crippen molar-refractivity contribution in [1.82, 2.24) is 4.90 Å². The number of halogens is 2. The lowest BCUT2D eigenvalue weighted by molar-refractivity contribution is -0.140. The minimum absolute atomic E-state index is 0.0500. The van der Waals surface area contributed by atoms with Crippen LogP contribution in [0.1, 0.15) is 70.4 Å². The van der Waals surface area contributed by atoms with E-state index >= 15 is 0 Å². The molecule has 1 atom stereocenters. The van der Waals surface area contributed by atoms with E-state index in [1.54, 1.807) is 31.7 Å². The van der Waals surface area contributed by atoms with E-state index in [9.17, 15) is 19.1 Å². The molecular formula is C21H29ClFNO4. The van der Waals surface area contributed by atoms with Crippen LogP contribution in [0, 0.1) is 11.7 Å². The van der Waals surface area contributed by atoms with Gasteiger partial charge in [-0.2, -0.15) is 0 Å². The molecule has 1 heterocycles. The number of hydrogen-bond acceptors (Lipinski definition) is 3. The van der Waals surface area contributed by atoms with Gasteiger partial charge in [0.15, 0.2) is 0 Å². The fourth-order valence-corrected chi connectivity index (χ4v) is 3.75. The van der Waals surface area contributed by atoms with Crippen LogP contribution in [-0.4, -0.2) is 40.8 Å². The van der Waals surface area contributed by atoms with Crippen molar-refractivity contribution in [2.24, 2.45) is 5.92 Å². The number of hydrogen-bond donors (Lipinski definition) is 1. The van der Waals surface area contributed by atoms with Crippen LogP contribution in [0.25, 0.3) is 0 Å². The van der Waals surface area contributed by atoms with Gasteiger partial charge in [0, 0.05) is 13.1 Å². The Kier molecular flexibility index (Phi) is 6.97. The average molecular weight is 414 g/mol. The molecular weight excluding hydrogens is 385 g/mol. The smallest absolute Gasteiger partial charge is 0.410 e. The first-order chi connectivity index (χ1) is 12.9. The molecule has 0 aliphatic carbocycles. The summed E-state index contributed by atoms with van der Waals surface area (Å²) in [6.07, 6.45) is 0.573. The molecule has 0 saturated carbocycles. The molecule has 156 valence electrons. The molecule has 7 heteroatoms. The summed E-state index contributed by atoms with van der Waals surface area (Å²) >= 11 is 6.16. The number of rotatable bonds is 4. The molecule has 1 aliphatic heterocycles. The Balaban J connectivity index is 2.21. The first-order valence-corrected chi connectivity index (χ1v) is 9.98. The van der Waals surface area contributed by atoms with Gasteiger partial charge in [-0.25, -0.2) is 9.18 Å². The Labute approximate surface area is 170 Å². The van der Waals surface area contributed by atoms with Crippen LogP contribution >= 0.6 is 11.6 Å². The SMILES string of the molecule is CC(C)c1cc(F)c(Cl)c(C(C(=O)O)C2CCN(C(=O)OC(C)(C)C)CC2)c1. The standard InChI is InChI=1S/C21H29ClFNO4/c1-12(2)14-10-15(18(22)16(23)11-14)17(19(25)26)13-6-8-24(9-7-13)20(27)28-21(3,4)5/h10-13,17H,6-9H2,1-5H3,(H,25,26). The highest BCUT2D eigenvalue weighted by atomic mass is 35.5. The minimum Gasteiger partial charge on any atom is -0.481 e. The van der Waals surface area contributed by atoms with E-state index in [-0.39, 0.29) is 16.9 Å². The Morgan fingerprint density at radius 3 is 2.29 bits per heavy atom. The van der Waals surface area contributed by atoms with Gasteiger partial charge >= 0.3 is 12.1 Å². The summed E-state index contributed by atoms with van der Waals surface area (Å²) in [6.45, 7) is 10.0. The van der Waals surface area contributed by atoms with E-state index in [0.29, 0.717) is 37.1 Å². The van der Waals surface area contributed by atoms with E-state index < -0.39 is 29.4 Å². The van der Waals surface area contributed by atoms with Crippen LogP contribution < -0.4 is 0 Å². The number of piperidine rings is 1. The fraction of sp³-hybridized carbons (Fsp3) is 0.619. The highest BCUT2D eigenvalue weighted by Gasteiger charge is 2.36. The van der Waals surface area contributed by atoms with Gasteiger partial charge in [0.1, 0.15) is 11.4 Å². The number of nitrogens with zero attached hydrogens (tertiary/aromatic N) is 1. The molecule has 1 amide bonds. The van der Waals surface area contributed by atoms with Gasteiger partial charge in [0.2, 0.25) is 0 Å². The number of aliphatic carboxylic acids is 1.